The van der Waals surface area contributed by atoms with Gasteiger partial charge in [0.15, 0.2) is 0 Å². The normalized spacial score (nSPS) is 19.4. The van der Waals surface area contributed by atoms with Crippen molar-refractivity contribution in [2.45, 2.75) is 26.2 Å². The zero-order valence-corrected chi connectivity index (χ0v) is 6.96. The Balaban J connectivity index is 2.67. The minimum Gasteiger partial charge on any atom is -0.549 e. The number of esters is 1. The topological polar surface area (TPSA) is 66.4 Å². The lowest BCUT2D eigenvalue weighted by Gasteiger charge is -2.39. The fraction of sp³-hybridized carbons (Fsp3) is 0.750. The smallest absolute Gasteiger partial charge is 0.317 e. The highest BCUT2D eigenvalue weighted by Gasteiger charge is 2.46. The van der Waals surface area contributed by atoms with Crippen molar-refractivity contribution in [3.8, 4) is 0 Å². The van der Waals surface area contributed by atoms with Gasteiger partial charge in [-0.2, -0.15) is 0 Å². The summed E-state index contributed by atoms with van der Waals surface area (Å²) in [5.74, 6) is -1.94. The Morgan fingerprint density at radius 2 is 2.08 bits per heavy atom. The Morgan fingerprint density at radius 3 is 2.33 bits per heavy atom. The van der Waals surface area contributed by atoms with E-state index in [1.54, 1.807) is 6.92 Å². The predicted molar refractivity (Wildman–Crippen MR) is 37.9 cm³/mol. The first-order valence-electron chi connectivity index (χ1n) is 4.02. The van der Waals surface area contributed by atoms with Crippen molar-refractivity contribution in [2.75, 3.05) is 6.61 Å². The lowest BCUT2D eigenvalue weighted by Crippen LogP contribution is -2.53. The summed E-state index contributed by atoms with van der Waals surface area (Å²) in [4.78, 5) is 21.8. The minimum atomic E-state index is -1.32. The molecular formula is C8H11O4-. The van der Waals surface area contributed by atoms with E-state index >= 15 is 0 Å². The van der Waals surface area contributed by atoms with Crippen LogP contribution in [0.3, 0.4) is 0 Å². The van der Waals surface area contributed by atoms with Crippen LogP contribution in [0.2, 0.25) is 0 Å². The molecule has 0 aromatic carbocycles. The van der Waals surface area contributed by atoms with Gasteiger partial charge in [-0.25, -0.2) is 0 Å². The molecule has 12 heavy (non-hydrogen) atoms. The van der Waals surface area contributed by atoms with Gasteiger partial charge in [0.05, 0.1) is 12.6 Å². The van der Waals surface area contributed by atoms with Gasteiger partial charge in [-0.15, -0.1) is 0 Å². The fourth-order valence-corrected chi connectivity index (χ4v) is 1.29. The van der Waals surface area contributed by atoms with Gasteiger partial charge in [-0.3, -0.25) is 4.79 Å². The molecule has 1 aliphatic carbocycles. The summed E-state index contributed by atoms with van der Waals surface area (Å²) in [6.07, 6.45) is 1.47. The molecule has 0 bridgehead atoms. The number of ether oxygens (including phenoxy) is 1. The van der Waals surface area contributed by atoms with Crippen molar-refractivity contribution >= 4 is 11.9 Å². The average molecular weight is 171 g/mol. The highest BCUT2D eigenvalue weighted by atomic mass is 16.5. The molecule has 4 heteroatoms. The third-order valence-corrected chi connectivity index (χ3v) is 2.26. The maximum atomic E-state index is 11.1. The van der Waals surface area contributed by atoms with Gasteiger partial charge >= 0.3 is 5.97 Å². The van der Waals surface area contributed by atoms with E-state index in [0.29, 0.717) is 12.8 Å². The number of carbonyl (C=O) groups excluding carboxylic acids is 2. The zero-order valence-electron chi connectivity index (χ0n) is 6.96. The van der Waals surface area contributed by atoms with Crippen molar-refractivity contribution in [1.82, 2.24) is 0 Å². The van der Waals surface area contributed by atoms with Crippen LogP contribution in [0.25, 0.3) is 0 Å². The molecular weight excluding hydrogens is 160 g/mol. The summed E-state index contributed by atoms with van der Waals surface area (Å²) in [5.41, 5.74) is -1.32. The highest BCUT2D eigenvalue weighted by molar-refractivity contribution is 5.99. The average Bonchev–Trinajstić information content (AvgIpc) is 1.83. The molecule has 4 nitrogen and oxygen atoms in total. The van der Waals surface area contributed by atoms with E-state index in [4.69, 9.17) is 0 Å². The number of carbonyl (C=O) groups is 2. The summed E-state index contributed by atoms with van der Waals surface area (Å²) >= 11 is 0. The number of hydrogen-bond donors (Lipinski definition) is 0. The van der Waals surface area contributed by atoms with E-state index in [1.807, 2.05) is 0 Å². The van der Waals surface area contributed by atoms with E-state index in [1.165, 1.54) is 0 Å². The molecule has 1 rings (SSSR count). The first-order chi connectivity index (χ1) is 5.63. The van der Waals surface area contributed by atoms with Gasteiger partial charge in [0.25, 0.3) is 0 Å². The van der Waals surface area contributed by atoms with Crippen molar-refractivity contribution in [3.05, 3.63) is 0 Å². The Hall–Kier alpha value is -1.06. The summed E-state index contributed by atoms with van der Waals surface area (Å²) < 4.78 is 4.65. The van der Waals surface area contributed by atoms with Gasteiger partial charge < -0.3 is 14.6 Å². The molecule has 0 radical (unpaired) electrons. The van der Waals surface area contributed by atoms with Crippen molar-refractivity contribution in [3.63, 3.8) is 0 Å². The van der Waals surface area contributed by atoms with Crippen LogP contribution in [0, 0.1) is 5.41 Å². The van der Waals surface area contributed by atoms with Crippen LogP contribution < -0.4 is 5.11 Å². The van der Waals surface area contributed by atoms with Crippen molar-refractivity contribution in [1.29, 1.82) is 0 Å². The number of carboxylic acids is 1. The lowest BCUT2D eigenvalue weighted by molar-refractivity contribution is -0.322. The number of aliphatic carboxylic acids is 1. The van der Waals surface area contributed by atoms with Gasteiger partial charge in [-0.05, 0) is 19.8 Å². The maximum absolute atomic E-state index is 11.1. The van der Waals surface area contributed by atoms with E-state index in [-0.39, 0.29) is 6.61 Å². The molecule has 0 aromatic rings. The molecule has 1 saturated carbocycles. The molecule has 0 saturated heterocycles. The molecule has 0 spiro atoms. The largest absolute Gasteiger partial charge is 0.549 e. The van der Waals surface area contributed by atoms with Crippen LogP contribution in [0.1, 0.15) is 26.2 Å². The van der Waals surface area contributed by atoms with Crippen molar-refractivity contribution < 1.29 is 19.4 Å². The summed E-state index contributed by atoms with van der Waals surface area (Å²) in [5, 5.41) is 10.6. The van der Waals surface area contributed by atoms with Crippen LogP contribution in [0.5, 0.6) is 0 Å². The SMILES string of the molecule is CCOC(=O)C1(C(=O)[O-])CCC1. The standard InChI is InChI=1S/C8H12O4/c1-2-12-7(11)8(6(9)10)4-3-5-8/h2-5H2,1H3,(H,9,10)/p-1. The van der Waals surface area contributed by atoms with Crippen LogP contribution in [-0.2, 0) is 14.3 Å². The number of hydrogen-bond acceptors (Lipinski definition) is 4. The summed E-state index contributed by atoms with van der Waals surface area (Å²) in [6, 6.07) is 0. The van der Waals surface area contributed by atoms with Crippen LogP contribution >= 0.6 is 0 Å². The quantitative estimate of drug-likeness (QED) is 0.423. The van der Waals surface area contributed by atoms with Crippen LogP contribution in [0.4, 0.5) is 0 Å². The Labute approximate surface area is 70.5 Å². The van der Waals surface area contributed by atoms with Gasteiger partial charge in [-0.1, -0.05) is 6.42 Å². The molecule has 0 atom stereocenters. The molecule has 1 aliphatic rings. The van der Waals surface area contributed by atoms with E-state index in [2.05, 4.69) is 4.74 Å². The molecule has 68 valence electrons. The first-order valence-corrected chi connectivity index (χ1v) is 4.02. The van der Waals surface area contributed by atoms with Gasteiger partial charge in [0, 0.05) is 0 Å². The molecule has 0 unspecified atom stereocenters. The number of rotatable bonds is 3. The van der Waals surface area contributed by atoms with Crippen molar-refractivity contribution in [2.24, 2.45) is 5.41 Å². The molecule has 0 aromatic heterocycles. The molecule has 0 amide bonds. The number of carboxylic acid groups (broad SMARTS) is 1. The Kier molecular flexibility index (Phi) is 2.35. The highest BCUT2D eigenvalue weighted by Crippen LogP contribution is 2.41. The zero-order chi connectivity index (χ0) is 9.19. The molecule has 1 fully saturated rings. The van der Waals surface area contributed by atoms with Crippen LogP contribution in [0.15, 0.2) is 0 Å². The van der Waals surface area contributed by atoms with Gasteiger partial charge in [0.1, 0.15) is 5.41 Å². The van der Waals surface area contributed by atoms with Crippen LogP contribution in [-0.4, -0.2) is 18.5 Å². The summed E-state index contributed by atoms with van der Waals surface area (Å²) in [7, 11) is 0. The third kappa shape index (κ3) is 1.17. The van der Waals surface area contributed by atoms with E-state index in [0.717, 1.165) is 6.42 Å². The monoisotopic (exact) mass is 171 g/mol. The Bertz CT molecular complexity index is 205. The lowest BCUT2D eigenvalue weighted by atomic mass is 9.69. The van der Waals surface area contributed by atoms with E-state index in [9.17, 15) is 14.7 Å². The third-order valence-electron chi connectivity index (χ3n) is 2.26. The predicted octanol–water partition coefficient (Wildman–Crippen LogP) is -0.530. The maximum Gasteiger partial charge on any atom is 0.317 e. The molecule has 0 aliphatic heterocycles. The summed E-state index contributed by atoms with van der Waals surface area (Å²) in [6.45, 7) is 1.87. The molecule has 0 N–H and O–H groups in total. The fourth-order valence-electron chi connectivity index (χ4n) is 1.29. The van der Waals surface area contributed by atoms with E-state index < -0.39 is 17.4 Å². The minimum absolute atomic E-state index is 0.216. The van der Waals surface area contributed by atoms with Gasteiger partial charge in [0.2, 0.25) is 0 Å². The second-order valence-electron chi connectivity index (χ2n) is 2.94. The molecule has 0 heterocycles. The Morgan fingerprint density at radius 1 is 1.50 bits per heavy atom. The second-order valence-corrected chi connectivity index (χ2v) is 2.94. The first kappa shape index (κ1) is 9.03. The second kappa shape index (κ2) is 3.13.